The van der Waals surface area contributed by atoms with Crippen molar-refractivity contribution in [2.75, 3.05) is 29.6 Å². The number of carbonyl (C=O) groups is 2. The summed E-state index contributed by atoms with van der Waals surface area (Å²) >= 11 is 1.59. The molecular formula is C19H19N3O4S2. The van der Waals surface area contributed by atoms with Gasteiger partial charge in [-0.25, -0.2) is 13.1 Å². The van der Waals surface area contributed by atoms with Gasteiger partial charge in [-0.1, -0.05) is 0 Å². The van der Waals surface area contributed by atoms with Crippen LogP contribution in [0.4, 0.5) is 11.4 Å². The number of anilines is 2. The lowest BCUT2D eigenvalue weighted by atomic mass is 10.1. The predicted molar refractivity (Wildman–Crippen MR) is 108 cm³/mol. The molecule has 0 atom stereocenters. The van der Waals surface area contributed by atoms with Gasteiger partial charge in [-0.05, 0) is 55.4 Å². The molecule has 146 valence electrons. The van der Waals surface area contributed by atoms with Crippen molar-refractivity contribution < 1.29 is 18.0 Å². The second-order valence-corrected chi connectivity index (χ2v) is 9.59. The van der Waals surface area contributed by atoms with E-state index in [1.54, 1.807) is 40.9 Å². The SMILES string of the molecule is CNS(=O)(=O)c1ccc2c(c1)CCN2C(=O)c1ccc2c(c1)NC(=O)CCS2. The number of nitrogens with zero attached hydrogens (tertiary/aromatic N) is 1. The number of nitrogens with one attached hydrogen (secondary N) is 2. The molecule has 0 saturated carbocycles. The van der Waals surface area contributed by atoms with Crippen molar-refractivity contribution >= 4 is 45.0 Å². The normalized spacial score (nSPS) is 16.2. The highest BCUT2D eigenvalue weighted by Crippen LogP contribution is 2.34. The molecule has 2 heterocycles. The average Bonchev–Trinajstić information content (AvgIpc) is 3.02. The topological polar surface area (TPSA) is 95.6 Å². The number of hydrogen-bond acceptors (Lipinski definition) is 5. The number of benzene rings is 2. The molecule has 0 spiro atoms. The maximum absolute atomic E-state index is 13.1. The lowest BCUT2D eigenvalue weighted by molar-refractivity contribution is -0.115. The standard InChI is InChI=1S/C19H19N3O4S2/c1-20-28(25,26)14-3-4-16-12(10-14)6-8-22(16)19(24)13-2-5-17-15(11-13)21-18(23)7-9-27-17/h2-5,10-11,20H,6-9H2,1H3,(H,21,23). The van der Waals surface area contributed by atoms with Crippen molar-refractivity contribution in [3.63, 3.8) is 0 Å². The smallest absolute Gasteiger partial charge is 0.258 e. The van der Waals surface area contributed by atoms with Gasteiger partial charge in [0.05, 0.1) is 10.6 Å². The fraction of sp³-hybridized carbons (Fsp3) is 0.263. The zero-order chi connectivity index (χ0) is 19.9. The van der Waals surface area contributed by atoms with E-state index in [2.05, 4.69) is 10.0 Å². The monoisotopic (exact) mass is 417 g/mol. The highest BCUT2D eigenvalue weighted by Gasteiger charge is 2.28. The van der Waals surface area contributed by atoms with Crippen LogP contribution in [0.5, 0.6) is 0 Å². The van der Waals surface area contributed by atoms with Crippen LogP contribution in [0.15, 0.2) is 46.2 Å². The van der Waals surface area contributed by atoms with Crippen molar-refractivity contribution in [3.8, 4) is 0 Å². The molecular weight excluding hydrogens is 398 g/mol. The van der Waals surface area contributed by atoms with Crippen LogP contribution >= 0.6 is 11.8 Å². The average molecular weight is 418 g/mol. The number of rotatable bonds is 3. The van der Waals surface area contributed by atoms with Crippen LogP contribution in [-0.2, 0) is 21.2 Å². The van der Waals surface area contributed by atoms with Crippen molar-refractivity contribution in [2.45, 2.75) is 22.6 Å². The summed E-state index contributed by atoms with van der Waals surface area (Å²) in [4.78, 5) is 27.7. The molecule has 2 aliphatic heterocycles. The summed E-state index contributed by atoms with van der Waals surface area (Å²) in [6, 6.07) is 10.1. The van der Waals surface area contributed by atoms with Gasteiger partial charge in [-0.2, -0.15) is 0 Å². The second-order valence-electron chi connectivity index (χ2n) is 6.56. The second kappa shape index (κ2) is 7.23. The Bertz CT molecular complexity index is 1080. The maximum Gasteiger partial charge on any atom is 0.258 e. The first-order valence-corrected chi connectivity index (χ1v) is 11.3. The highest BCUT2D eigenvalue weighted by atomic mass is 32.2. The molecule has 2 aliphatic rings. The zero-order valence-corrected chi connectivity index (χ0v) is 16.8. The maximum atomic E-state index is 13.1. The predicted octanol–water partition coefficient (Wildman–Crippen LogP) is 2.23. The number of thioether (sulfide) groups is 1. The Kier molecular flexibility index (Phi) is 4.90. The minimum atomic E-state index is -3.52. The van der Waals surface area contributed by atoms with Gasteiger partial charge in [0.2, 0.25) is 15.9 Å². The largest absolute Gasteiger partial charge is 0.325 e. The minimum Gasteiger partial charge on any atom is -0.325 e. The van der Waals surface area contributed by atoms with Crippen molar-refractivity contribution in [1.82, 2.24) is 4.72 Å². The first kappa shape index (κ1) is 19.0. The summed E-state index contributed by atoms with van der Waals surface area (Å²) in [6.45, 7) is 0.482. The van der Waals surface area contributed by atoms with E-state index in [-0.39, 0.29) is 16.7 Å². The lowest BCUT2D eigenvalue weighted by Gasteiger charge is -2.18. The number of carbonyl (C=O) groups excluding carboxylic acids is 2. The van der Waals surface area contributed by atoms with Gasteiger partial charge < -0.3 is 10.2 Å². The van der Waals surface area contributed by atoms with E-state index in [4.69, 9.17) is 0 Å². The van der Waals surface area contributed by atoms with E-state index >= 15 is 0 Å². The van der Waals surface area contributed by atoms with E-state index in [9.17, 15) is 18.0 Å². The summed E-state index contributed by atoms with van der Waals surface area (Å²) in [5, 5.41) is 2.85. The Labute approximate surface area is 167 Å². The van der Waals surface area contributed by atoms with E-state index in [1.165, 1.54) is 13.1 Å². The molecule has 2 aromatic carbocycles. The molecule has 7 nitrogen and oxygen atoms in total. The first-order valence-electron chi connectivity index (χ1n) is 8.84. The summed E-state index contributed by atoms with van der Waals surface area (Å²) in [7, 11) is -2.16. The van der Waals surface area contributed by atoms with Crippen LogP contribution in [0.1, 0.15) is 22.3 Å². The number of amides is 2. The van der Waals surface area contributed by atoms with Crippen LogP contribution in [0, 0.1) is 0 Å². The van der Waals surface area contributed by atoms with Gasteiger partial charge in [-0.15, -0.1) is 11.8 Å². The van der Waals surface area contributed by atoms with Gasteiger partial charge in [-0.3, -0.25) is 9.59 Å². The molecule has 0 aliphatic carbocycles. The van der Waals surface area contributed by atoms with E-state index in [1.807, 2.05) is 6.07 Å². The summed E-state index contributed by atoms with van der Waals surface area (Å²) < 4.78 is 26.3. The summed E-state index contributed by atoms with van der Waals surface area (Å²) in [6.07, 6.45) is 1.03. The Morgan fingerprint density at radius 2 is 2.00 bits per heavy atom. The third kappa shape index (κ3) is 3.41. The molecule has 0 saturated heterocycles. The molecule has 0 bridgehead atoms. The van der Waals surface area contributed by atoms with Crippen LogP contribution in [0.25, 0.3) is 0 Å². The van der Waals surface area contributed by atoms with Gasteiger partial charge >= 0.3 is 0 Å². The van der Waals surface area contributed by atoms with E-state index < -0.39 is 10.0 Å². The van der Waals surface area contributed by atoms with Gasteiger partial charge in [0, 0.05) is 34.9 Å². The Morgan fingerprint density at radius 1 is 1.18 bits per heavy atom. The molecule has 0 aromatic heterocycles. The van der Waals surface area contributed by atoms with Crippen LogP contribution in [0.2, 0.25) is 0 Å². The van der Waals surface area contributed by atoms with Crippen molar-refractivity contribution in [3.05, 3.63) is 47.5 Å². The molecule has 2 aromatic rings. The number of fused-ring (bicyclic) bond motifs is 2. The van der Waals surface area contributed by atoms with Crippen molar-refractivity contribution in [2.24, 2.45) is 0 Å². The molecule has 0 unspecified atom stereocenters. The molecule has 0 fully saturated rings. The van der Waals surface area contributed by atoms with E-state index in [0.717, 1.165) is 10.5 Å². The molecule has 2 N–H and O–H groups in total. The molecule has 0 radical (unpaired) electrons. The van der Waals surface area contributed by atoms with Gasteiger partial charge in [0.1, 0.15) is 0 Å². The van der Waals surface area contributed by atoms with Crippen LogP contribution in [0.3, 0.4) is 0 Å². The number of sulfonamides is 1. The third-order valence-electron chi connectivity index (χ3n) is 4.86. The quantitative estimate of drug-likeness (QED) is 0.799. The molecule has 2 amide bonds. The fourth-order valence-corrected chi connectivity index (χ4v) is 5.10. The van der Waals surface area contributed by atoms with Gasteiger partial charge in [0.25, 0.3) is 5.91 Å². The highest BCUT2D eigenvalue weighted by molar-refractivity contribution is 7.99. The van der Waals surface area contributed by atoms with Crippen molar-refractivity contribution in [1.29, 1.82) is 0 Å². The summed E-state index contributed by atoms with van der Waals surface area (Å²) in [5.74, 6) is 0.485. The minimum absolute atomic E-state index is 0.0550. The van der Waals surface area contributed by atoms with E-state index in [0.29, 0.717) is 42.1 Å². The first-order chi connectivity index (χ1) is 13.4. The molecule has 4 rings (SSSR count). The fourth-order valence-electron chi connectivity index (χ4n) is 3.38. The zero-order valence-electron chi connectivity index (χ0n) is 15.2. The third-order valence-corrected chi connectivity index (χ3v) is 7.35. The Balaban J connectivity index is 1.64. The lowest BCUT2D eigenvalue weighted by Crippen LogP contribution is -2.29. The summed E-state index contributed by atoms with van der Waals surface area (Å²) in [5.41, 5.74) is 2.69. The molecule has 9 heteroatoms. The van der Waals surface area contributed by atoms with Crippen LogP contribution < -0.4 is 14.9 Å². The molecule has 28 heavy (non-hydrogen) atoms. The Morgan fingerprint density at radius 3 is 2.79 bits per heavy atom. The number of hydrogen-bond donors (Lipinski definition) is 2. The van der Waals surface area contributed by atoms with Crippen LogP contribution in [-0.4, -0.2) is 39.6 Å². The Hall–Kier alpha value is -2.36. The van der Waals surface area contributed by atoms with Gasteiger partial charge in [0.15, 0.2) is 0 Å².